The summed E-state index contributed by atoms with van der Waals surface area (Å²) >= 11 is 0. The van der Waals surface area contributed by atoms with E-state index in [0.717, 1.165) is 19.3 Å². The lowest BCUT2D eigenvalue weighted by Crippen LogP contribution is -2.52. The third-order valence-electron chi connectivity index (χ3n) is 5.91. The topological polar surface area (TPSA) is 79.0 Å². The normalized spacial score (nSPS) is 22.9. The van der Waals surface area contributed by atoms with Crippen molar-refractivity contribution < 1.29 is 19.1 Å². The Bertz CT molecular complexity index is 843. The number of fused-ring (bicyclic) bond motifs is 1. The number of ether oxygens (including phenoxy) is 1. The Kier molecular flexibility index (Phi) is 5.92. The summed E-state index contributed by atoms with van der Waals surface area (Å²) in [6, 6.07) is 6.89. The molecule has 3 rings (SSSR count). The Morgan fingerprint density at radius 2 is 1.93 bits per heavy atom. The smallest absolute Gasteiger partial charge is 0.410 e. The maximum Gasteiger partial charge on any atom is 0.410 e. The second-order valence-electron chi connectivity index (χ2n) is 9.21. The Balaban J connectivity index is 1.70. The summed E-state index contributed by atoms with van der Waals surface area (Å²) in [5.41, 5.74) is 0.245. The van der Waals surface area contributed by atoms with Crippen LogP contribution in [0, 0.1) is 5.92 Å². The van der Waals surface area contributed by atoms with Crippen LogP contribution in [-0.4, -0.2) is 54.1 Å². The number of carbonyl (C=O) groups excluding carboxylic acids is 3. The van der Waals surface area contributed by atoms with Crippen LogP contribution >= 0.6 is 0 Å². The molecular formula is C23H31N3O4. The summed E-state index contributed by atoms with van der Waals surface area (Å²) in [5, 5.41) is 3.22. The molecule has 0 unspecified atom stereocenters. The summed E-state index contributed by atoms with van der Waals surface area (Å²) in [6.45, 7) is 10.1. The molecule has 1 saturated heterocycles. The molecule has 0 bridgehead atoms. The van der Waals surface area contributed by atoms with Crippen LogP contribution < -0.4 is 10.2 Å². The zero-order valence-corrected chi connectivity index (χ0v) is 18.2. The first-order valence-corrected chi connectivity index (χ1v) is 10.4. The average Bonchev–Trinajstić information content (AvgIpc) is 3.22. The van der Waals surface area contributed by atoms with Gasteiger partial charge in [-0.3, -0.25) is 9.59 Å². The fourth-order valence-corrected chi connectivity index (χ4v) is 4.36. The Morgan fingerprint density at radius 3 is 2.53 bits per heavy atom. The van der Waals surface area contributed by atoms with Crippen LogP contribution in [0.4, 0.5) is 10.5 Å². The van der Waals surface area contributed by atoms with Gasteiger partial charge in [0.15, 0.2) is 0 Å². The molecule has 1 saturated carbocycles. The standard InChI is InChI=1S/C23H31N3O4/c1-6-19(27)25(5)18-11-9-16(10-12-18)20(28)24-23-13-7-8-17(23)14-26(15-23)21(29)30-22(2,3)4/h6,9-12,17H,1,7-8,13-15H2,2-5H3,(H,24,28)/t17-,23-/m0/s1. The number of nitrogens with one attached hydrogen (secondary N) is 1. The highest BCUT2D eigenvalue weighted by Gasteiger charge is 2.52. The zero-order chi connectivity index (χ0) is 22.1. The first-order chi connectivity index (χ1) is 14.0. The molecular weight excluding hydrogens is 382 g/mol. The Morgan fingerprint density at radius 1 is 1.27 bits per heavy atom. The monoisotopic (exact) mass is 413 g/mol. The molecule has 1 aliphatic carbocycles. The number of carbonyl (C=O) groups is 3. The molecule has 30 heavy (non-hydrogen) atoms. The van der Waals surface area contributed by atoms with Gasteiger partial charge >= 0.3 is 6.09 Å². The molecule has 1 aromatic rings. The van der Waals surface area contributed by atoms with Gasteiger partial charge in [0.25, 0.3) is 5.91 Å². The van der Waals surface area contributed by atoms with Crippen molar-refractivity contribution in [1.82, 2.24) is 10.2 Å². The quantitative estimate of drug-likeness (QED) is 0.768. The Hall–Kier alpha value is -2.83. The first kappa shape index (κ1) is 21.9. The van der Waals surface area contributed by atoms with E-state index in [1.807, 2.05) is 20.8 Å². The summed E-state index contributed by atoms with van der Waals surface area (Å²) < 4.78 is 5.52. The van der Waals surface area contributed by atoms with E-state index in [1.165, 1.54) is 11.0 Å². The van der Waals surface area contributed by atoms with Gasteiger partial charge < -0.3 is 19.9 Å². The van der Waals surface area contributed by atoms with E-state index < -0.39 is 11.1 Å². The minimum absolute atomic E-state index is 0.169. The fourth-order valence-electron chi connectivity index (χ4n) is 4.36. The predicted molar refractivity (Wildman–Crippen MR) is 115 cm³/mol. The lowest BCUT2D eigenvalue weighted by Gasteiger charge is -2.31. The number of rotatable bonds is 4. The van der Waals surface area contributed by atoms with Crippen LogP contribution in [-0.2, 0) is 9.53 Å². The maximum absolute atomic E-state index is 13.0. The van der Waals surface area contributed by atoms with Crippen molar-refractivity contribution in [2.24, 2.45) is 5.92 Å². The van der Waals surface area contributed by atoms with Gasteiger partial charge in [0.1, 0.15) is 5.60 Å². The van der Waals surface area contributed by atoms with Gasteiger partial charge in [0.05, 0.1) is 5.54 Å². The van der Waals surface area contributed by atoms with Crippen molar-refractivity contribution in [1.29, 1.82) is 0 Å². The molecule has 0 spiro atoms. The van der Waals surface area contributed by atoms with Crippen LogP contribution in [0.1, 0.15) is 50.4 Å². The first-order valence-electron chi connectivity index (χ1n) is 10.4. The van der Waals surface area contributed by atoms with E-state index >= 15 is 0 Å². The number of likely N-dealkylation sites (N-methyl/N-ethyl adjacent to an activating group) is 1. The molecule has 162 valence electrons. The van der Waals surface area contributed by atoms with Gasteiger partial charge in [0, 0.05) is 37.3 Å². The molecule has 2 aliphatic rings. The van der Waals surface area contributed by atoms with Crippen molar-refractivity contribution in [3.63, 3.8) is 0 Å². The second kappa shape index (κ2) is 8.13. The molecule has 1 aliphatic heterocycles. The molecule has 7 nitrogen and oxygen atoms in total. The molecule has 0 radical (unpaired) electrons. The molecule has 1 aromatic carbocycles. The predicted octanol–water partition coefficient (Wildman–Crippen LogP) is 3.35. The number of nitrogens with zero attached hydrogens (tertiary/aromatic N) is 2. The minimum Gasteiger partial charge on any atom is -0.444 e. The molecule has 1 heterocycles. The lowest BCUT2D eigenvalue weighted by molar-refractivity contribution is -0.113. The van der Waals surface area contributed by atoms with Crippen LogP contribution in [0.25, 0.3) is 0 Å². The highest BCUT2D eigenvalue weighted by molar-refractivity contribution is 6.01. The van der Waals surface area contributed by atoms with Gasteiger partial charge in [-0.05, 0) is 64.0 Å². The van der Waals surface area contributed by atoms with E-state index in [1.54, 1.807) is 36.2 Å². The van der Waals surface area contributed by atoms with Crippen LogP contribution in [0.3, 0.4) is 0 Å². The lowest BCUT2D eigenvalue weighted by atomic mass is 9.90. The molecule has 2 atom stereocenters. The summed E-state index contributed by atoms with van der Waals surface area (Å²) in [6.07, 6.45) is 3.77. The van der Waals surface area contributed by atoms with E-state index in [2.05, 4.69) is 11.9 Å². The molecule has 0 aromatic heterocycles. The number of anilines is 1. The summed E-state index contributed by atoms with van der Waals surface area (Å²) in [5.74, 6) is -0.158. The summed E-state index contributed by atoms with van der Waals surface area (Å²) in [4.78, 5) is 40.4. The van der Waals surface area contributed by atoms with Gasteiger partial charge in [0.2, 0.25) is 5.91 Å². The zero-order valence-electron chi connectivity index (χ0n) is 18.2. The molecule has 7 heteroatoms. The third kappa shape index (κ3) is 4.50. The third-order valence-corrected chi connectivity index (χ3v) is 5.91. The van der Waals surface area contributed by atoms with Crippen molar-refractivity contribution in [2.45, 2.75) is 51.2 Å². The average molecular weight is 414 g/mol. The van der Waals surface area contributed by atoms with Crippen molar-refractivity contribution in [3.8, 4) is 0 Å². The number of hydrogen-bond acceptors (Lipinski definition) is 4. The largest absolute Gasteiger partial charge is 0.444 e. The van der Waals surface area contributed by atoms with Gasteiger partial charge in [-0.2, -0.15) is 0 Å². The molecule has 2 fully saturated rings. The number of likely N-dealkylation sites (tertiary alicyclic amines) is 1. The van der Waals surface area contributed by atoms with Crippen LogP contribution in [0.15, 0.2) is 36.9 Å². The number of amides is 3. The molecule has 3 amide bonds. The van der Waals surface area contributed by atoms with Gasteiger partial charge in [-0.25, -0.2) is 4.79 Å². The highest BCUT2D eigenvalue weighted by atomic mass is 16.6. The highest BCUT2D eigenvalue weighted by Crippen LogP contribution is 2.42. The van der Waals surface area contributed by atoms with E-state index in [0.29, 0.717) is 24.3 Å². The van der Waals surface area contributed by atoms with E-state index in [9.17, 15) is 14.4 Å². The number of benzene rings is 1. The van der Waals surface area contributed by atoms with Crippen molar-refractivity contribution >= 4 is 23.6 Å². The SMILES string of the molecule is C=CC(=O)N(C)c1ccc(C(=O)N[C@]23CCC[C@H]2CN(C(=O)OC(C)(C)C)C3)cc1. The van der Waals surface area contributed by atoms with Crippen molar-refractivity contribution in [2.75, 3.05) is 25.0 Å². The maximum atomic E-state index is 13.0. The van der Waals surface area contributed by atoms with Gasteiger partial charge in [-0.1, -0.05) is 13.0 Å². The Labute approximate surface area is 178 Å². The number of hydrogen-bond donors (Lipinski definition) is 1. The fraction of sp³-hybridized carbons (Fsp3) is 0.522. The van der Waals surface area contributed by atoms with Crippen molar-refractivity contribution in [3.05, 3.63) is 42.5 Å². The van der Waals surface area contributed by atoms with E-state index in [-0.39, 0.29) is 23.8 Å². The van der Waals surface area contributed by atoms with Crippen LogP contribution in [0.5, 0.6) is 0 Å². The molecule has 1 N–H and O–H groups in total. The van der Waals surface area contributed by atoms with Gasteiger partial charge in [-0.15, -0.1) is 0 Å². The minimum atomic E-state index is -0.549. The van der Waals surface area contributed by atoms with Crippen LogP contribution in [0.2, 0.25) is 0 Å². The second-order valence-corrected chi connectivity index (χ2v) is 9.21. The van der Waals surface area contributed by atoms with E-state index in [4.69, 9.17) is 4.74 Å². The summed E-state index contributed by atoms with van der Waals surface area (Å²) in [7, 11) is 1.66.